The van der Waals surface area contributed by atoms with E-state index in [0.29, 0.717) is 32.7 Å². The standard InChI is InChI=1S/C22H17ClFN5O2S2/c1-13-2-11-18(33(30,31)29-17-9-5-15(23)6-10-17)12-19(13)27-28-21-20(26-22(25)32-21)14-3-7-16(24)8-4-14/h2-12,29H,1H3,(H2,25,26). The molecule has 0 unspecified atom stereocenters. The van der Waals surface area contributed by atoms with Crippen molar-refractivity contribution in [3.63, 3.8) is 0 Å². The van der Waals surface area contributed by atoms with Gasteiger partial charge in [0.1, 0.15) is 11.5 Å². The lowest BCUT2D eigenvalue weighted by Crippen LogP contribution is -2.12. The van der Waals surface area contributed by atoms with Gasteiger partial charge >= 0.3 is 0 Å². The van der Waals surface area contributed by atoms with E-state index in [1.165, 1.54) is 24.3 Å². The third-order valence-corrected chi connectivity index (χ3v) is 6.98. The number of nitrogens with one attached hydrogen (secondary N) is 1. The van der Waals surface area contributed by atoms with Crippen LogP contribution in [0.2, 0.25) is 5.02 Å². The number of rotatable bonds is 6. The van der Waals surface area contributed by atoms with E-state index in [1.54, 1.807) is 49.4 Å². The van der Waals surface area contributed by atoms with Gasteiger partial charge in [-0.2, -0.15) is 0 Å². The summed E-state index contributed by atoms with van der Waals surface area (Å²) in [5.41, 5.74) is 8.42. The van der Waals surface area contributed by atoms with Crippen molar-refractivity contribution < 1.29 is 12.8 Å². The average Bonchev–Trinajstić information content (AvgIpc) is 3.15. The molecule has 3 N–H and O–H groups in total. The predicted octanol–water partition coefficient (Wildman–Crippen LogP) is 6.71. The Balaban J connectivity index is 1.64. The van der Waals surface area contributed by atoms with Crippen LogP contribution in [0.4, 0.5) is 25.9 Å². The Morgan fingerprint density at radius 1 is 1.03 bits per heavy atom. The van der Waals surface area contributed by atoms with Crippen molar-refractivity contribution in [1.29, 1.82) is 0 Å². The van der Waals surface area contributed by atoms with Crippen LogP contribution in [0, 0.1) is 12.7 Å². The van der Waals surface area contributed by atoms with E-state index in [1.807, 2.05) is 0 Å². The number of halogens is 2. The number of nitrogens with two attached hydrogens (primary N) is 1. The maximum atomic E-state index is 13.3. The lowest BCUT2D eigenvalue weighted by atomic mass is 10.1. The van der Waals surface area contributed by atoms with Crippen molar-refractivity contribution >= 4 is 54.5 Å². The topological polar surface area (TPSA) is 110 Å². The predicted molar refractivity (Wildman–Crippen MR) is 130 cm³/mol. The van der Waals surface area contributed by atoms with Gasteiger partial charge in [0.2, 0.25) is 0 Å². The molecular formula is C22H17ClFN5O2S2. The van der Waals surface area contributed by atoms with Gasteiger partial charge in [0.25, 0.3) is 10.0 Å². The molecule has 4 rings (SSSR count). The van der Waals surface area contributed by atoms with Crippen molar-refractivity contribution in [3.05, 3.63) is 83.1 Å². The van der Waals surface area contributed by atoms with E-state index in [2.05, 4.69) is 19.9 Å². The van der Waals surface area contributed by atoms with E-state index in [4.69, 9.17) is 17.3 Å². The molecule has 0 saturated carbocycles. The summed E-state index contributed by atoms with van der Waals surface area (Å²) >= 11 is 6.98. The Bertz CT molecular complexity index is 1440. The van der Waals surface area contributed by atoms with Crippen LogP contribution in [0.3, 0.4) is 0 Å². The quantitative estimate of drug-likeness (QED) is 0.286. The van der Waals surface area contributed by atoms with E-state index in [-0.39, 0.29) is 15.8 Å². The molecule has 0 spiro atoms. The monoisotopic (exact) mass is 501 g/mol. The average molecular weight is 502 g/mol. The Hall–Kier alpha value is -3.34. The summed E-state index contributed by atoms with van der Waals surface area (Å²) in [4.78, 5) is 4.29. The second-order valence-electron chi connectivity index (χ2n) is 6.97. The Morgan fingerprint density at radius 2 is 1.73 bits per heavy atom. The van der Waals surface area contributed by atoms with Crippen LogP contribution >= 0.6 is 22.9 Å². The molecule has 11 heteroatoms. The number of benzene rings is 3. The molecule has 33 heavy (non-hydrogen) atoms. The van der Waals surface area contributed by atoms with Gasteiger partial charge in [0, 0.05) is 16.3 Å². The zero-order chi connectivity index (χ0) is 23.6. The van der Waals surface area contributed by atoms with E-state index < -0.39 is 10.0 Å². The van der Waals surface area contributed by atoms with Gasteiger partial charge in [-0.1, -0.05) is 29.0 Å². The van der Waals surface area contributed by atoms with Crippen LogP contribution < -0.4 is 10.5 Å². The van der Waals surface area contributed by atoms with Crippen molar-refractivity contribution in [2.45, 2.75) is 11.8 Å². The lowest BCUT2D eigenvalue weighted by Gasteiger charge is -2.09. The van der Waals surface area contributed by atoms with Crippen LogP contribution in [0.15, 0.2) is 81.9 Å². The summed E-state index contributed by atoms with van der Waals surface area (Å²) in [6, 6.07) is 16.7. The number of azo groups is 1. The van der Waals surface area contributed by atoms with Crippen LogP contribution in [0.5, 0.6) is 0 Å². The van der Waals surface area contributed by atoms with Crippen molar-refractivity contribution in [2.24, 2.45) is 10.2 Å². The second-order valence-corrected chi connectivity index (χ2v) is 10.1. The van der Waals surface area contributed by atoms with Crippen molar-refractivity contribution in [2.75, 3.05) is 10.5 Å². The SMILES string of the molecule is Cc1ccc(S(=O)(=O)Nc2ccc(Cl)cc2)cc1N=Nc1sc(N)nc1-c1ccc(F)cc1. The van der Waals surface area contributed by atoms with Crippen LogP contribution in [-0.4, -0.2) is 13.4 Å². The molecule has 7 nitrogen and oxygen atoms in total. The first-order valence-corrected chi connectivity index (χ1v) is 12.2. The number of hydrogen-bond donors (Lipinski definition) is 2. The number of aromatic nitrogens is 1. The number of thiazole rings is 1. The molecule has 1 heterocycles. The summed E-state index contributed by atoms with van der Waals surface area (Å²) in [7, 11) is -3.86. The number of aryl methyl sites for hydroxylation is 1. The zero-order valence-corrected chi connectivity index (χ0v) is 19.5. The molecule has 168 valence electrons. The van der Waals surface area contributed by atoms with Gasteiger partial charge in [0.05, 0.1) is 10.6 Å². The number of anilines is 2. The molecule has 0 saturated heterocycles. The van der Waals surface area contributed by atoms with Gasteiger partial charge in [-0.3, -0.25) is 4.72 Å². The fourth-order valence-electron chi connectivity index (χ4n) is 2.89. The second kappa shape index (κ2) is 9.26. The normalized spacial score (nSPS) is 11.7. The number of hydrogen-bond acceptors (Lipinski definition) is 7. The highest BCUT2D eigenvalue weighted by atomic mass is 35.5. The Kier molecular flexibility index (Phi) is 6.41. The van der Waals surface area contributed by atoms with Crippen molar-refractivity contribution in [1.82, 2.24) is 4.98 Å². The zero-order valence-electron chi connectivity index (χ0n) is 17.2. The molecule has 0 atom stereocenters. The highest BCUT2D eigenvalue weighted by Crippen LogP contribution is 2.38. The van der Waals surface area contributed by atoms with E-state index in [0.717, 1.165) is 16.9 Å². The third-order valence-electron chi connectivity index (χ3n) is 4.58. The molecule has 0 aliphatic rings. The van der Waals surface area contributed by atoms with Gasteiger partial charge in [0.15, 0.2) is 10.1 Å². The minimum Gasteiger partial charge on any atom is -0.375 e. The van der Waals surface area contributed by atoms with E-state index in [9.17, 15) is 12.8 Å². The fourth-order valence-corrected chi connectivity index (χ4v) is 4.77. The third kappa shape index (κ3) is 5.36. The Labute approximate surface area is 198 Å². The molecule has 0 aliphatic heterocycles. The van der Waals surface area contributed by atoms with Crippen LogP contribution in [0.1, 0.15) is 5.56 Å². The lowest BCUT2D eigenvalue weighted by molar-refractivity contribution is 0.601. The van der Waals surface area contributed by atoms with Crippen LogP contribution in [-0.2, 0) is 10.0 Å². The minimum atomic E-state index is -3.86. The van der Waals surface area contributed by atoms with Crippen molar-refractivity contribution in [3.8, 4) is 11.3 Å². The van der Waals surface area contributed by atoms with E-state index >= 15 is 0 Å². The highest BCUT2D eigenvalue weighted by molar-refractivity contribution is 7.92. The van der Waals surface area contributed by atoms with Crippen LogP contribution in [0.25, 0.3) is 11.3 Å². The Morgan fingerprint density at radius 3 is 2.42 bits per heavy atom. The van der Waals surface area contributed by atoms with Gasteiger partial charge in [-0.25, -0.2) is 17.8 Å². The first-order chi connectivity index (χ1) is 15.7. The summed E-state index contributed by atoms with van der Waals surface area (Å²) < 4.78 is 41.4. The molecule has 4 aromatic rings. The maximum absolute atomic E-state index is 13.3. The molecule has 3 aromatic carbocycles. The smallest absolute Gasteiger partial charge is 0.261 e. The summed E-state index contributed by atoms with van der Waals surface area (Å²) in [5, 5.41) is 9.70. The first kappa shape index (κ1) is 22.8. The number of nitrogens with zero attached hydrogens (tertiary/aromatic N) is 3. The summed E-state index contributed by atoms with van der Waals surface area (Å²) in [6.45, 7) is 1.79. The molecule has 0 radical (unpaired) electrons. The molecule has 0 bridgehead atoms. The molecule has 0 amide bonds. The minimum absolute atomic E-state index is 0.0274. The van der Waals surface area contributed by atoms with Gasteiger partial charge in [-0.15, -0.1) is 10.2 Å². The number of nitrogen functional groups attached to an aromatic ring is 1. The summed E-state index contributed by atoms with van der Waals surface area (Å²) in [6.07, 6.45) is 0. The molecule has 1 aromatic heterocycles. The fraction of sp³-hybridized carbons (Fsp3) is 0.0455. The molecule has 0 fully saturated rings. The highest BCUT2D eigenvalue weighted by Gasteiger charge is 2.17. The first-order valence-electron chi connectivity index (χ1n) is 9.54. The molecular weight excluding hydrogens is 485 g/mol. The largest absolute Gasteiger partial charge is 0.375 e. The van der Waals surface area contributed by atoms with Gasteiger partial charge in [-0.05, 0) is 73.2 Å². The maximum Gasteiger partial charge on any atom is 0.261 e. The number of sulfonamides is 1. The van der Waals surface area contributed by atoms with Gasteiger partial charge < -0.3 is 5.73 Å². The summed E-state index contributed by atoms with van der Waals surface area (Å²) in [5.74, 6) is -0.369. The molecule has 0 aliphatic carbocycles.